The molecule has 0 saturated heterocycles. The second-order valence-electron chi connectivity index (χ2n) is 3.22. The summed E-state index contributed by atoms with van der Waals surface area (Å²) in [6.07, 6.45) is -0.141. The first kappa shape index (κ1) is 14.2. The van der Waals surface area contributed by atoms with Crippen LogP contribution in [0.4, 0.5) is 0 Å². The zero-order chi connectivity index (χ0) is 11.8. The number of Topliss-reactive ketones (excluding diaryl/α,β-unsaturated/α-hetero) is 4. The Kier molecular flexibility index (Phi) is 7.05. The summed E-state index contributed by atoms with van der Waals surface area (Å²) in [5, 5.41) is 0.354. The van der Waals surface area contributed by atoms with E-state index in [2.05, 4.69) is 0 Å². The summed E-state index contributed by atoms with van der Waals surface area (Å²) < 4.78 is 0. The van der Waals surface area contributed by atoms with Crippen molar-refractivity contribution in [3.05, 3.63) is 0 Å². The molecular formula is C10H14NiO4. The maximum absolute atomic E-state index is 11.0. The van der Waals surface area contributed by atoms with Gasteiger partial charge >= 0.3 is 94.2 Å². The van der Waals surface area contributed by atoms with E-state index in [9.17, 15) is 19.2 Å². The average molecular weight is 257 g/mol. The summed E-state index contributed by atoms with van der Waals surface area (Å²) in [5.74, 6) is -0.672. The molecule has 0 saturated carbocycles. The van der Waals surface area contributed by atoms with Crippen molar-refractivity contribution >= 4 is 23.1 Å². The number of carbonyl (C=O) groups is 4. The summed E-state index contributed by atoms with van der Waals surface area (Å²) in [6, 6.07) is 0. The molecule has 15 heavy (non-hydrogen) atoms. The molecule has 0 unspecified atom stereocenters. The number of carbonyl (C=O) groups excluding carboxylic acids is 4. The summed E-state index contributed by atoms with van der Waals surface area (Å²) in [6.45, 7) is 2.71. The zero-order valence-corrected chi connectivity index (χ0v) is 9.77. The van der Waals surface area contributed by atoms with Crippen LogP contribution in [0.1, 0.15) is 26.7 Å². The van der Waals surface area contributed by atoms with E-state index in [1.165, 1.54) is 13.8 Å². The van der Waals surface area contributed by atoms with E-state index < -0.39 is 0 Å². The van der Waals surface area contributed by atoms with Gasteiger partial charge in [-0.2, -0.15) is 0 Å². The fraction of sp³-hybridized carbons (Fsp3) is 0.600. The van der Waals surface area contributed by atoms with Crippen LogP contribution in [-0.2, 0) is 33.6 Å². The molecule has 0 aromatic rings. The Morgan fingerprint density at radius 3 is 1.40 bits per heavy atom. The Hall–Kier alpha value is -0.826. The molecule has 0 rings (SSSR count). The molecule has 0 aliphatic rings. The van der Waals surface area contributed by atoms with Crippen LogP contribution in [0.15, 0.2) is 0 Å². The van der Waals surface area contributed by atoms with Crippen LogP contribution in [0.25, 0.3) is 0 Å². The van der Waals surface area contributed by atoms with Crippen molar-refractivity contribution in [2.45, 2.75) is 37.5 Å². The van der Waals surface area contributed by atoms with E-state index in [-0.39, 0.29) is 46.8 Å². The number of hydrogen-bond acceptors (Lipinski definition) is 4. The van der Waals surface area contributed by atoms with Crippen LogP contribution in [0.2, 0.25) is 10.8 Å². The van der Waals surface area contributed by atoms with Crippen molar-refractivity contribution < 1.29 is 33.6 Å². The van der Waals surface area contributed by atoms with Crippen molar-refractivity contribution in [1.29, 1.82) is 0 Å². The Labute approximate surface area is 94.6 Å². The Bertz CT molecular complexity index is 255. The van der Waals surface area contributed by atoms with Gasteiger partial charge in [0.15, 0.2) is 0 Å². The molecule has 0 aromatic carbocycles. The van der Waals surface area contributed by atoms with Crippen molar-refractivity contribution in [3.63, 3.8) is 0 Å². The molecule has 0 bridgehead atoms. The minimum atomic E-state index is -0.168. The van der Waals surface area contributed by atoms with Crippen LogP contribution < -0.4 is 0 Å². The Balaban J connectivity index is 3.61. The van der Waals surface area contributed by atoms with Crippen LogP contribution in [0, 0.1) is 0 Å². The molecule has 0 heterocycles. The molecule has 0 spiro atoms. The summed E-state index contributed by atoms with van der Waals surface area (Å²) in [7, 11) is 0. The normalized spacial score (nSPS) is 10.0. The molecule has 0 fully saturated rings. The first-order valence-electron chi connectivity index (χ1n) is 4.39. The predicted molar refractivity (Wildman–Crippen MR) is 50.2 cm³/mol. The molecule has 0 atom stereocenters. The van der Waals surface area contributed by atoms with Gasteiger partial charge in [-0.3, -0.25) is 0 Å². The molecule has 0 aliphatic heterocycles. The number of hydrogen-bond donors (Lipinski definition) is 0. The van der Waals surface area contributed by atoms with Gasteiger partial charge in [0.2, 0.25) is 0 Å². The maximum atomic E-state index is 11.0. The van der Waals surface area contributed by atoms with Gasteiger partial charge in [0.05, 0.1) is 0 Å². The molecule has 0 amide bonds. The molecule has 4 nitrogen and oxygen atoms in total. The zero-order valence-electron chi connectivity index (χ0n) is 8.78. The molecular weight excluding hydrogens is 243 g/mol. The topological polar surface area (TPSA) is 68.3 Å². The van der Waals surface area contributed by atoms with Gasteiger partial charge < -0.3 is 0 Å². The SMILES string of the molecule is CC(=O)CC(=O)[CH2][Ni][CH2]C(=O)CC(C)=O. The molecule has 0 N–H and O–H groups in total. The first-order valence-corrected chi connectivity index (χ1v) is 5.78. The van der Waals surface area contributed by atoms with E-state index in [0.29, 0.717) is 0 Å². The van der Waals surface area contributed by atoms with Gasteiger partial charge in [-0.25, -0.2) is 0 Å². The first-order chi connectivity index (χ1) is 6.91. The summed E-state index contributed by atoms with van der Waals surface area (Å²) in [5.41, 5.74) is 0. The van der Waals surface area contributed by atoms with Crippen LogP contribution in [0.5, 0.6) is 0 Å². The third-order valence-corrected chi connectivity index (χ3v) is 2.57. The molecule has 88 valence electrons. The van der Waals surface area contributed by atoms with E-state index in [1.807, 2.05) is 0 Å². The van der Waals surface area contributed by atoms with Gasteiger partial charge in [-0.05, 0) is 0 Å². The van der Waals surface area contributed by atoms with Crippen LogP contribution >= 0.6 is 0 Å². The summed E-state index contributed by atoms with van der Waals surface area (Å²) in [4.78, 5) is 43.2. The second-order valence-corrected chi connectivity index (χ2v) is 4.41. The van der Waals surface area contributed by atoms with Gasteiger partial charge in [0.25, 0.3) is 0 Å². The van der Waals surface area contributed by atoms with E-state index in [1.54, 1.807) is 0 Å². The fourth-order valence-corrected chi connectivity index (χ4v) is 1.77. The minimum absolute atomic E-state index is 0.0703. The molecule has 0 aliphatic carbocycles. The summed E-state index contributed by atoms with van der Waals surface area (Å²) >= 11 is 0.970. The second kappa shape index (κ2) is 7.46. The van der Waals surface area contributed by atoms with Crippen LogP contribution in [-0.4, -0.2) is 23.1 Å². The Morgan fingerprint density at radius 2 is 1.13 bits per heavy atom. The third-order valence-electron chi connectivity index (χ3n) is 1.30. The van der Waals surface area contributed by atoms with E-state index in [4.69, 9.17) is 0 Å². The van der Waals surface area contributed by atoms with Crippen molar-refractivity contribution in [3.8, 4) is 0 Å². The monoisotopic (exact) mass is 256 g/mol. The number of ketones is 4. The molecule has 0 aromatic heterocycles. The van der Waals surface area contributed by atoms with Crippen molar-refractivity contribution in [2.24, 2.45) is 0 Å². The van der Waals surface area contributed by atoms with Crippen molar-refractivity contribution in [2.75, 3.05) is 0 Å². The van der Waals surface area contributed by atoms with Gasteiger partial charge in [-0.1, -0.05) is 0 Å². The number of rotatable bonds is 8. The predicted octanol–water partition coefficient (Wildman–Crippen LogP) is 1.00. The van der Waals surface area contributed by atoms with Gasteiger partial charge in [0.1, 0.15) is 0 Å². The van der Waals surface area contributed by atoms with Gasteiger partial charge in [-0.15, -0.1) is 0 Å². The average Bonchev–Trinajstić information content (AvgIpc) is 2.00. The van der Waals surface area contributed by atoms with Crippen molar-refractivity contribution in [1.82, 2.24) is 0 Å². The standard InChI is InChI=1S/2C5H7O2.Ni/c2*1-4(6)3-5(2)7;/h2*1,3H2,2H3;. The van der Waals surface area contributed by atoms with Gasteiger partial charge in [0, 0.05) is 0 Å². The van der Waals surface area contributed by atoms with E-state index >= 15 is 0 Å². The molecule has 5 heteroatoms. The third kappa shape index (κ3) is 9.48. The molecule has 0 radical (unpaired) electrons. The van der Waals surface area contributed by atoms with E-state index in [0.717, 1.165) is 14.4 Å². The quantitative estimate of drug-likeness (QED) is 0.480. The Morgan fingerprint density at radius 1 is 0.800 bits per heavy atom. The van der Waals surface area contributed by atoms with Crippen LogP contribution in [0.3, 0.4) is 0 Å². The fourth-order valence-electron chi connectivity index (χ4n) is 0.850.